The van der Waals surface area contributed by atoms with Crippen LogP contribution in [0.1, 0.15) is 0 Å². The van der Waals surface area contributed by atoms with E-state index in [4.69, 9.17) is 28.6 Å². The average Bonchev–Trinajstić information content (AvgIpc) is 2.25. The summed E-state index contributed by atoms with van der Waals surface area (Å²) in [6.07, 6.45) is 3.18. The quantitative estimate of drug-likeness (QED) is 0.813. The summed E-state index contributed by atoms with van der Waals surface area (Å²) >= 11 is 10.7. The largest absolute Gasteiger partial charge is 0.453 e. The molecule has 1 N–H and O–H groups in total. The first kappa shape index (κ1) is 10.1. The molecule has 1 aromatic heterocycles. The molecule has 3 nitrogen and oxygen atoms in total. The van der Waals surface area contributed by atoms with Crippen molar-refractivity contribution < 1.29 is 4.74 Å². The van der Waals surface area contributed by atoms with Crippen LogP contribution in [0.4, 0.5) is 0 Å². The van der Waals surface area contributed by atoms with E-state index in [9.17, 15) is 0 Å². The SMILES string of the molecule is S=c1ncc(Oc2ccccc2Cl)c[nH]1. The Morgan fingerprint density at radius 2 is 2.13 bits per heavy atom. The van der Waals surface area contributed by atoms with Gasteiger partial charge in [-0.25, -0.2) is 4.98 Å². The van der Waals surface area contributed by atoms with Crippen LogP contribution in [0, 0.1) is 4.77 Å². The maximum atomic E-state index is 5.93. The number of hydrogen-bond acceptors (Lipinski definition) is 3. The molecule has 0 saturated heterocycles. The smallest absolute Gasteiger partial charge is 0.196 e. The summed E-state index contributed by atoms with van der Waals surface area (Å²) in [4.78, 5) is 6.67. The fourth-order valence-electron chi connectivity index (χ4n) is 1.04. The number of nitrogens with zero attached hydrogens (tertiary/aromatic N) is 1. The second-order valence-corrected chi connectivity index (χ2v) is 3.58. The van der Waals surface area contributed by atoms with Crippen LogP contribution < -0.4 is 4.74 Å². The topological polar surface area (TPSA) is 37.9 Å². The van der Waals surface area contributed by atoms with Crippen LogP contribution >= 0.6 is 23.8 Å². The molecule has 0 amide bonds. The normalized spacial score (nSPS) is 9.93. The molecule has 0 spiro atoms. The number of hydrogen-bond donors (Lipinski definition) is 1. The van der Waals surface area contributed by atoms with Crippen molar-refractivity contribution in [2.75, 3.05) is 0 Å². The lowest BCUT2D eigenvalue weighted by atomic mass is 10.3. The van der Waals surface area contributed by atoms with Gasteiger partial charge in [0, 0.05) is 6.20 Å². The Morgan fingerprint density at radius 1 is 1.33 bits per heavy atom. The van der Waals surface area contributed by atoms with Crippen LogP contribution in [0.25, 0.3) is 0 Å². The summed E-state index contributed by atoms with van der Waals surface area (Å²) < 4.78 is 5.91. The van der Waals surface area contributed by atoms with Gasteiger partial charge in [0.1, 0.15) is 5.75 Å². The number of para-hydroxylation sites is 1. The van der Waals surface area contributed by atoms with E-state index in [2.05, 4.69) is 9.97 Å². The summed E-state index contributed by atoms with van der Waals surface area (Å²) in [5.41, 5.74) is 0. The van der Waals surface area contributed by atoms with Gasteiger partial charge in [-0.15, -0.1) is 0 Å². The third-order valence-corrected chi connectivity index (χ3v) is 2.25. The van der Waals surface area contributed by atoms with Gasteiger partial charge in [-0.2, -0.15) is 0 Å². The van der Waals surface area contributed by atoms with Gasteiger partial charge in [0.2, 0.25) is 0 Å². The fourth-order valence-corrected chi connectivity index (χ4v) is 1.33. The number of nitrogens with one attached hydrogen (secondary N) is 1. The Balaban J connectivity index is 2.26. The first-order valence-corrected chi connectivity index (χ1v) is 5.01. The molecule has 0 aliphatic heterocycles. The molecular formula is C10H7ClN2OS. The maximum Gasteiger partial charge on any atom is 0.196 e. The molecule has 76 valence electrons. The van der Waals surface area contributed by atoms with Crippen LogP contribution in [-0.4, -0.2) is 9.97 Å². The van der Waals surface area contributed by atoms with Crippen LogP contribution in [0.2, 0.25) is 5.02 Å². The van der Waals surface area contributed by atoms with Crippen molar-refractivity contribution in [1.29, 1.82) is 0 Å². The van der Waals surface area contributed by atoms with Crippen molar-refractivity contribution in [1.82, 2.24) is 9.97 Å². The standard InChI is InChI=1S/C10H7ClN2OS/c11-8-3-1-2-4-9(8)14-7-5-12-10(15)13-6-7/h1-6H,(H,12,13,15). The second-order valence-electron chi connectivity index (χ2n) is 2.79. The van der Waals surface area contributed by atoms with Gasteiger partial charge < -0.3 is 9.72 Å². The molecule has 5 heteroatoms. The molecule has 2 aromatic rings. The van der Waals surface area contributed by atoms with Gasteiger partial charge >= 0.3 is 0 Å². The van der Waals surface area contributed by atoms with E-state index in [0.29, 0.717) is 21.3 Å². The number of H-pyrrole nitrogens is 1. The number of aromatic nitrogens is 2. The number of benzene rings is 1. The molecule has 1 heterocycles. The van der Waals surface area contributed by atoms with Crippen molar-refractivity contribution in [3.05, 3.63) is 46.5 Å². The van der Waals surface area contributed by atoms with Crippen molar-refractivity contribution >= 4 is 23.8 Å². The van der Waals surface area contributed by atoms with Gasteiger partial charge in [0.05, 0.1) is 11.2 Å². The van der Waals surface area contributed by atoms with E-state index in [-0.39, 0.29) is 0 Å². The zero-order valence-electron chi connectivity index (χ0n) is 7.61. The fraction of sp³-hybridized carbons (Fsp3) is 0. The van der Waals surface area contributed by atoms with E-state index >= 15 is 0 Å². The Labute approximate surface area is 96.7 Å². The molecule has 0 radical (unpaired) electrons. The Morgan fingerprint density at radius 3 is 2.80 bits per heavy atom. The minimum absolute atomic E-state index is 0.418. The minimum Gasteiger partial charge on any atom is -0.453 e. The molecule has 0 atom stereocenters. The van der Waals surface area contributed by atoms with Crippen molar-refractivity contribution in [3.8, 4) is 11.5 Å². The van der Waals surface area contributed by atoms with Gasteiger partial charge in [-0.1, -0.05) is 23.7 Å². The molecule has 2 rings (SSSR count). The maximum absolute atomic E-state index is 5.93. The summed E-state index contributed by atoms with van der Waals surface area (Å²) in [5.74, 6) is 1.16. The van der Waals surface area contributed by atoms with E-state index in [1.807, 2.05) is 12.1 Å². The Hall–Kier alpha value is -1.39. The van der Waals surface area contributed by atoms with Crippen LogP contribution in [0.3, 0.4) is 0 Å². The van der Waals surface area contributed by atoms with Gasteiger partial charge in [0.15, 0.2) is 10.5 Å². The molecule has 1 aromatic carbocycles. The zero-order chi connectivity index (χ0) is 10.7. The molecule has 0 unspecified atom stereocenters. The number of aromatic amines is 1. The highest BCUT2D eigenvalue weighted by Crippen LogP contribution is 2.27. The van der Waals surface area contributed by atoms with E-state index < -0.39 is 0 Å². The van der Waals surface area contributed by atoms with Gasteiger partial charge in [-0.05, 0) is 24.4 Å². The summed E-state index contributed by atoms with van der Waals surface area (Å²) in [7, 11) is 0. The summed E-state index contributed by atoms with van der Waals surface area (Å²) in [6.45, 7) is 0. The lowest BCUT2D eigenvalue weighted by Crippen LogP contribution is -1.87. The molecule has 15 heavy (non-hydrogen) atoms. The summed E-state index contributed by atoms with van der Waals surface area (Å²) in [6, 6.07) is 7.23. The zero-order valence-corrected chi connectivity index (χ0v) is 9.18. The first-order chi connectivity index (χ1) is 7.25. The molecule has 0 saturated carbocycles. The molecule has 0 fully saturated rings. The average molecular weight is 239 g/mol. The van der Waals surface area contributed by atoms with E-state index in [0.717, 1.165) is 0 Å². The van der Waals surface area contributed by atoms with Crippen molar-refractivity contribution in [2.24, 2.45) is 0 Å². The Kier molecular flexibility index (Phi) is 2.99. The van der Waals surface area contributed by atoms with Crippen LogP contribution in [0.5, 0.6) is 11.5 Å². The summed E-state index contributed by atoms with van der Waals surface area (Å²) in [5, 5.41) is 0.556. The minimum atomic E-state index is 0.418. The highest BCUT2D eigenvalue weighted by atomic mass is 35.5. The van der Waals surface area contributed by atoms with Crippen LogP contribution in [-0.2, 0) is 0 Å². The van der Waals surface area contributed by atoms with E-state index in [1.165, 1.54) is 0 Å². The lowest BCUT2D eigenvalue weighted by Gasteiger charge is -2.05. The van der Waals surface area contributed by atoms with Gasteiger partial charge in [0.25, 0.3) is 0 Å². The van der Waals surface area contributed by atoms with Crippen LogP contribution in [0.15, 0.2) is 36.7 Å². The lowest BCUT2D eigenvalue weighted by molar-refractivity contribution is 0.477. The van der Waals surface area contributed by atoms with Crippen molar-refractivity contribution in [3.63, 3.8) is 0 Å². The number of halogens is 1. The van der Waals surface area contributed by atoms with Crippen molar-refractivity contribution in [2.45, 2.75) is 0 Å². The van der Waals surface area contributed by atoms with Gasteiger partial charge in [-0.3, -0.25) is 0 Å². The third kappa shape index (κ3) is 2.55. The second kappa shape index (κ2) is 4.42. The van der Waals surface area contributed by atoms with E-state index in [1.54, 1.807) is 24.5 Å². The highest BCUT2D eigenvalue weighted by molar-refractivity contribution is 7.71. The molecular weight excluding hydrogens is 232 g/mol. The first-order valence-electron chi connectivity index (χ1n) is 4.23. The predicted octanol–water partition coefficient (Wildman–Crippen LogP) is 3.58. The number of rotatable bonds is 2. The molecule has 0 aliphatic carbocycles. The molecule has 0 bridgehead atoms. The molecule has 0 aliphatic rings. The number of ether oxygens (including phenoxy) is 1. The monoisotopic (exact) mass is 238 g/mol. The third-order valence-electron chi connectivity index (χ3n) is 1.71. The Bertz CT molecular complexity index is 506. The predicted molar refractivity (Wildman–Crippen MR) is 60.9 cm³/mol. The highest BCUT2D eigenvalue weighted by Gasteiger charge is 2.01.